The van der Waals surface area contributed by atoms with E-state index in [1.54, 1.807) is 6.20 Å². The van der Waals surface area contributed by atoms with Gasteiger partial charge in [-0.2, -0.15) is 0 Å². The van der Waals surface area contributed by atoms with Crippen LogP contribution in [0.2, 0.25) is 0 Å². The van der Waals surface area contributed by atoms with Gasteiger partial charge in [0.05, 0.1) is 6.20 Å². The van der Waals surface area contributed by atoms with Crippen LogP contribution in [0.5, 0.6) is 0 Å². The Kier molecular flexibility index (Phi) is 4.85. The minimum atomic E-state index is -0.0787. The van der Waals surface area contributed by atoms with E-state index in [9.17, 15) is 9.90 Å². The van der Waals surface area contributed by atoms with E-state index in [4.69, 9.17) is 0 Å². The van der Waals surface area contributed by atoms with Crippen molar-refractivity contribution < 1.29 is 9.90 Å². The Balaban J connectivity index is 1.69. The highest BCUT2D eigenvalue weighted by Gasteiger charge is 2.26. The maximum Gasteiger partial charge on any atom is 0.263 e. The summed E-state index contributed by atoms with van der Waals surface area (Å²) in [5.41, 5.74) is 1.03. The van der Waals surface area contributed by atoms with Gasteiger partial charge in [-0.1, -0.05) is 43.2 Å². The first-order valence-electron chi connectivity index (χ1n) is 7.71. The molecular formula is C17H20N2O2S. The number of aliphatic hydroxyl groups is 1. The van der Waals surface area contributed by atoms with Crippen molar-refractivity contribution >= 4 is 17.2 Å². The van der Waals surface area contributed by atoms with E-state index in [0.717, 1.165) is 36.3 Å². The van der Waals surface area contributed by atoms with Gasteiger partial charge in [0.1, 0.15) is 9.88 Å². The first-order valence-corrected chi connectivity index (χ1v) is 8.52. The van der Waals surface area contributed by atoms with Gasteiger partial charge in [-0.3, -0.25) is 4.79 Å². The average molecular weight is 316 g/mol. The summed E-state index contributed by atoms with van der Waals surface area (Å²) in [6.07, 6.45) is 5.82. The predicted octanol–water partition coefficient (Wildman–Crippen LogP) is 3.09. The van der Waals surface area contributed by atoms with Crippen LogP contribution in [0, 0.1) is 5.92 Å². The van der Waals surface area contributed by atoms with Gasteiger partial charge in [0, 0.05) is 24.1 Å². The molecule has 0 radical (unpaired) electrons. The average Bonchev–Trinajstić information content (AvgIpc) is 3.06. The van der Waals surface area contributed by atoms with Crippen LogP contribution >= 0.6 is 11.3 Å². The number of rotatable bonds is 4. The fourth-order valence-electron chi connectivity index (χ4n) is 2.95. The minimum Gasteiger partial charge on any atom is -0.396 e. The molecule has 0 aliphatic heterocycles. The molecule has 5 heteroatoms. The molecule has 3 rings (SSSR count). The Morgan fingerprint density at radius 2 is 2.05 bits per heavy atom. The van der Waals surface area contributed by atoms with Crippen molar-refractivity contribution in [3.05, 3.63) is 41.4 Å². The van der Waals surface area contributed by atoms with Crippen LogP contribution in [0.1, 0.15) is 35.4 Å². The first-order chi connectivity index (χ1) is 10.8. The zero-order valence-electron chi connectivity index (χ0n) is 12.4. The second-order valence-electron chi connectivity index (χ2n) is 5.70. The molecule has 2 atom stereocenters. The Hall–Kier alpha value is -1.72. The van der Waals surface area contributed by atoms with Crippen LogP contribution in [0.4, 0.5) is 0 Å². The number of hydrogen-bond donors (Lipinski definition) is 2. The third kappa shape index (κ3) is 3.36. The van der Waals surface area contributed by atoms with E-state index >= 15 is 0 Å². The quantitative estimate of drug-likeness (QED) is 0.911. The van der Waals surface area contributed by atoms with Gasteiger partial charge in [0.2, 0.25) is 0 Å². The summed E-state index contributed by atoms with van der Waals surface area (Å²) >= 11 is 1.41. The van der Waals surface area contributed by atoms with E-state index in [-0.39, 0.29) is 24.5 Å². The van der Waals surface area contributed by atoms with Crippen LogP contribution < -0.4 is 5.32 Å². The number of hydrogen-bond acceptors (Lipinski definition) is 4. The highest BCUT2D eigenvalue weighted by atomic mass is 32.1. The maximum absolute atomic E-state index is 12.4. The number of benzene rings is 1. The molecule has 22 heavy (non-hydrogen) atoms. The molecule has 1 aromatic carbocycles. The molecule has 1 aliphatic rings. The molecule has 0 bridgehead atoms. The molecule has 4 nitrogen and oxygen atoms in total. The fourth-order valence-corrected chi connectivity index (χ4v) is 3.77. The zero-order chi connectivity index (χ0) is 15.4. The van der Waals surface area contributed by atoms with Crippen molar-refractivity contribution in [1.29, 1.82) is 0 Å². The van der Waals surface area contributed by atoms with Gasteiger partial charge in [-0.15, -0.1) is 11.3 Å². The Labute approximate surface area is 134 Å². The number of amides is 1. The molecule has 2 unspecified atom stereocenters. The van der Waals surface area contributed by atoms with E-state index in [0.29, 0.717) is 4.88 Å². The second-order valence-corrected chi connectivity index (χ2v) is 6.73. The van der Waals surface area contributed by atoms with Crippen molar-refractivity contribution in [2.75, 3.05) is 6.61 Å². The molecule has 1 fully saturated rings. The number of nitrogens with zero attached hydrogens (tertiary/aromatic N) is 1. The highest BCUT2D eigenvalue weighted by molar-refractivity contribution is 7.16. The van der Waals surface area contributed by atoms with Crippen molar-refractivity contribution in [2.45, 2.75) is 31.7 Å². The van der Waals surface area contributed by atoms with Gasteiger partial charge < -0.3 is 10.4 Å². The number of aliphatic hydroxyl groups excluding tert-OH is 1. The molecule has 1 saturated carbocycles. The minimum absolute atomic E-state index is 0.0773. The molecule has 1 aromatic heterocycles. The second kappa shape index (κ2) is 7.03. The summed E-state index contributed by atoms with van der Waals surface area (Å²) < 4.78 is 0. The topological polar surface area (TPSA) is 62.2 Å². The molecule has 2 aromatic rings. The van der Waals surface area contributed by atoms with Crippen LogP contribution in [0.25, 0.3) is 10.6 Å². The van der Waals surface area contributed by atoms with E-state index < -0.39 is 0 Å². The summed E-state index contributed by atoms with van der Waals surface area (Å²) in [5, 5.41) is 13.4. The molecule has 1 amide bonds. The van der Waals surface area contributed by atoms with Crippen molar-refractivity contribution in [2.24, 2.45) is 5.92 Å². The van der Waals surface area contributed by atoms with Gasteiger partial charge in [-0.25, -0.2) is 4.98 Å². The normalized spacial score (nSPS) is 21.5. The smallest absolute Gasteiger partial charge is 0.263 e. The first kappa shape index (κ1) is 15.2. The van der Waals surface area contributed by atoms with Crippen molar-refractivity contribution in [3.63, 3.8) is 0 Å². The van der Waals surface area contributed by atoms with E-state index in [1.807, 2.05) is 30.3 Å². The van der Waals surface area contributed by atoms with Crippen LogP contribution in [0.3, 0.4) is 0 Å². The van der Waals surface area contributed by atoms with Crippen LogP contribution in [-0.2, 0) is 0 Å². The molecule has 0 saturated heterocycles. The molecule has 1 aliphatic carbocycles. The number of thiazole rings is 1. The fraction of sp³-hybridized carbons (Fsp3) is 0.412. The van der Waals surface area contributed by atoms with E-state index in [1.165, 1.54) is 11.3 Å². The highest BCUT2D eigenvalue weighted by Crippen LogP contribution is 2.27. The monoisotopic (exact) mass is 316 g/mol. The van der Waals surface area contributed by atoms with E-state index in [2.05, 4.69) is 10.3 Å². The molecule has 2 N–H and O–H groups in total. The zero-order valence-corrected chi connectivity index (χ0v) is 13.2. The number of nitrogens with one attached hydrogen (secondary N) is 1. The summed E-state index contributed by atoms with van der Waals surface area (Å²) in [6, 6.07) is 9.94. The van der Waals surface area contributed by atoms with Gasteiger partial charge in [-0.05, 0) is 12.8 Å². The Bertz CT molecular complexity index is 627. The van der Waals surface area contributed by atoms with Gasteiger partial charge in [0.15, 0.2) is 0 Å². The lowest BCUT2D eigenvalue weighted by atomic mass is 9.85. The third-order valence-corrected chi connectivity index (χ3v) is 5.26. The lowest BCUT2D eigenvalue weighted by Gasteiger charge is -2.30. The third-order valence-electron chi connectivity index (χ3n) is 4.21. The number of carbonyl (C=O) groups is 1. The standard InChI is InChI=1S/C17H20N2O2S/c20-11-13-8-4-5-9-14(13)19-16(21)15-10-18-17(22-15)12-6-2-1-3-7-12/h1-3,6-7,10,13-14,20H,4-5,8-9,11H2,(H,19,21). The van der Waals surface area contributed by atoms with Crippen molar-refractivity contribution in [1.82, 2.24) is 10.3 Å². The summed E-state index contributed by atoms with van der Waals surface area (Å²) in [7, 11) is 0. The predicted molar refractivity (Wildman–Crippen MR) is 87.8 cm³/mol. The van der Waals surface area contributed by atoms with Crippen LogP contribution in [0.15, 0.2) is 36.5 Å². The maximum atomic E-state index is 12.4. The Morgan fingerprint density at radius 3 is 2.82 bits per heavy atom. The van der Waals surface area contributed by atoms with Crippen LogP contribution in [-0.4, -0.2) is 28.6 Å². The molecule has 1 heterocycles. The number of carbonyl (C=O) groups excluding carboxylic acids is 1. The summed E-state index contributed by atoms with van der Waals surface area (Å²) in [4.78, 5) is 17.4. The Morgan fingerprint density at radius 1 is 1.27 bits per heavy atom. The molecular weight excluding hydrogens is 296 g/mol. The summed E-state index contributed by atoms with van der Waals surface area (Å²) in [5.74, 6) is 0.101. The molecule has 116 valence electrons. The summed E-state index contributed by atoms with van der Waals surface area (Å²) in [6.45, 7) is 0.142. The lowest BCUT2D eigenvalue weighted by molar-refractivity contribution is 0.0876. The number of aromatic nitrogens is 1. The lowest BCUT2D eigenvalue weighted by Crippen LogP contribution is -2.43. The largest absolute Gasteiger partial charge is 0.396 e. The van der Waals surface area contributed by atoms with Crippen molar-refractivity contribution in [3.8, 4) is 10.6 Å². The van der Waals surface area contributed by atoms with Gasteiger partial charge in [0.25, 0.3) is 5.91 Å². The van der Waals surface area contributed by atoms with Gasteiger partial charge >= 0.3 is 0 Å². The SMILES string of the molecule is O=C(NC1CCCCC1CO)c1cnc(-c2ccccc2)s1. The molecule has 0 spiro atoms.